The summed E-state index contributed by atoms with van der Waals surface area (Å²) in [6, 6.07) is 0. The van der Waals surface area contributed by atoms with Crippen molar-refractivity contribution in [1.82, 2.24) is 19.9 Å². The zero-order valence-electron chi connectivity index (χ0n) is 20.3. The molecule has 0 radical (unpaired) electrons. The summed E-state index contributed by atoms with van der Waals surface area (Å²) in [5.74, 6) is -5.53. The Morgan fingerprint density at radius 2 is 1.49 bits per heavy atom. The van der Waals surface area contributed by atoms with E-state index in [9.17, 15) is 35.5 Å². The van der Waals surface area contributed by atoms with Gasteiger partial charge in [-0.25, -0.2) is 23.9 Å². The number of carboxylic acids is 2. The molecule has 2 N–H and O–H groups in total. The maximum atomic E-state index is 13.0. The molecule has 11 nitrogen and oxygen atoms in total. The summed E-state index contributed by atoms with van der Waals surface area (Å²) in [6.45, 7) is 1.74. The van der Waals surface area contributed by atoms with Crippen LogP contribution in [0.2, 0.25) is 0 Å². The predicted octanol–water partition coefficient (Wildman–Crippen LogP) is 2.44. The van der Waals surface area contributed by atoms with Crippen molar-refractivity contribution in [2.75, 3.05) is 32.1 Å². The second-order valence-corrected chi connectivity index (χ2v) is 7.70. The average molecular weight is 573 g/mol. The van der Waals surface area contributed by atoms with Crippen LogP contribution in [0.1, 0.15) is 16.7 Å². The van der Waals surface area contributed by atoms with Crippen LogP contribution >= 0.6 is 0 Å². The number of halogens is 7. The highest BCUT2D eigenvalue weighted by Gasteiger charge is 2.38. The highest BCUT2D eigenvalue weighted by atomic mass is 19.4. The lowest BCUT2D eigenvalue weighted by Gasteiger charge is -2.29. The summed E-state index contributed by atoms with van der Waals surface area (Å²) in [5, 5.41) is 14.2. The number of fused-ring (bicyclic) bond motifs is 1. The first-order valence-corrected chi connectivity index (χ1v) is 10.5. The van der Waals surface area contributed by atoms with Crippen LogP contribution in [0.25, 0.3) is 0 Å². The monoisotopic (exact) mass is 573 g/mol. The lowest BCUT2D eigenvalue weighted by atomic mass is 9.98. The third-order valence-electron chi connectivity index (χ3n) is 4.59. The molecule has 0 saturated heterocycles. The van der Waals surface area contributed by atoms with Crippen molar-refractivity contribution in [1.29, 1.82) is 0 Å². The summed E-state index contributed by atoms with van der Waals surface area (Å²) in [7, 11) is 3.40. The van der Waals surface area contributed by atoms with Crippen LogP contribution in [0.4, 0.5) is 36.7 Å². The Labute approximate surface area is 215 Å². The molecule has 0 atom stereocenters. The molecule has 18 heteroatoms. The number of nitrogens with zero attached hydrogens (tertiary/aromatic N) is 5. The van der Waals surface area contributed by atoms with Gasteiger partial charge in [-0.2, -0.15) is 26.3 Å². The third-order valence-corrected chi connectivity index (χ3v) is 4.59. The fourth-order valence-corrected chi connectivity index (χ4v) is 2.71. The second-order valence-electron chi connectivity index (χ2n) is 7.70. The number of alkyl halides is 6. The minimum Gasteiger partial charge on any atom is -0.475 e. The van der Waals surface area contributed by atoms with Crippen LogP contribution in [-0.2, 0) is 38.7 Å². The highest BCUT2D eigenvalue weighted by molar-refractivity contribution is 5.76. The molecular weight excluding hydrogens is 551 g/mol. The van der Waals surface area contributed by atoms with Crippen molar-refractivity contribution in [3.8, 4) is 0 Å². The van der Waals surface area contributed by atoms with Crippen LogP contribution in [-0.4, -0.2) is 87.5 Å². The zero-order chi connectivity index (χ0) is 30.0. The molecule has 3 rings (SSSR count). The van der Waals surface area contributed by atoms with E-state index in [0.717, 1.165) is 24.1 Å². The highest BCUT2D eigenvalue weighted by Crippen LogP contribution is 2.24. The molecule has 216 valence electrons. The molecule has 0 aliphatic carbocycles. The zero-order valence-corrected chi connectivity index (χ0v) is 20.3. The smallest absolute Gasteiger partial charge is 0.475 e. The molecular formula is C21H22F7N5O6. The number of aliphatic carboxylic acids is 2. The van der Waals surface area contributed by atoms with E-state index in [4.69, 9.17) is 24.5 Å². The number of amides is 1. The fourth-order valence-electron chi connectivity index (χ4n) is 2.71. The largest absolute Gasteiger partial charge is 0.490 e. The first-order valence-electron chi connectivity index (χ1n) is 10.5. The number of aromatic nitrogens is 3. The van der Waals surface area contributed by atoms with Gasteiger partial charge in [0.2, 0.25) is 11.9 Å². The number of pyridine rings is 1. The maximum Gasteiger partial charge on any atom is 0.490 e. The van der Waals surface area contributed by atoms with Crippen LogP contribution in [0, 0.1) is 5.82 Å². The van der Waals surface area contributed by atoms with Crippen LogP contribution in [0.5, 0.6) is 0 Å². The molecule has 1 amide bonds. The molecule has 3 heterocycles. The molecule has 0 spiro atoms. The number of hydrogen-bond donors (Lipinski definition) is 2. The third kappa shape index (κ3) is 11.5. The molecule has 0 unspecified atom stereocenters. The lowest BCUT2D eigenvalue weighted by Crippen LogP contribution is -2.32. The van der Waals surface area contributed by atoms with E-state index in [1.165, 1.54) is 22.9 Å². The Morgan fingerprint density at radius 3 is 1.95 bits per heavy atom. The van der Waals surface area contributed by atoms with Gasteiger partial charge < -0.3 is 24.7 Å². The summed E-state index contributed by atoms with van der Waals surface area (Å²) in [5.41, 5.74) is 3.24. The first kappa shape index (κ1) is 32.9. The van der Waals surface area contributed by atoms with Gasteiger partial charge in [0.1, 0.15) is 6.61 Å². The summed E-state index contributed by atoms with van der Waals surface area (Å²) >= 11 is 0. The van der Waals surface area contributed by atoms with Gasteiger partial charge in [-0.1, -0.05) is 0 Å². The van der Waals surface area contributed by atoms with Gasteiger partial charge in [-0.3, -0.25) is 9.78 Å². The number of likely N-dealkylation sites (N-methyl/N-ethyl adjacent to an activating group) is 1. The van der Waals surface area contributed by atoms with Crippen molar-refractivity contribution in [3.63, 3.8) is 0 Å². The Kier molecular flexibility index (Phi) is 12.0. The Hall–Kier alpha value is -4.09. The van der Waals surface area contributed by atoms with Crippen molar-refractivity contribution in [3.05, 3.63) is 47.3 Å². The van der Waals surface area contributed by atoms with E-state index < -0.39 is 30.1 Å². The molecule has 39 heavy (non-hydrogen) atoms. The van der Waals surface area contributed by atoms with E-state index in [1.807, 2.05) is 11.1 Å². The Bertz CT molecular complexity index is 1100. The predicted molar refractivity (Wildman–Crippen MR) is 117 cm³/mol. The molecule has 0 bridgehead atoms. The van der Waals surface area contributed by atoms with E-state index in [-0.39, 0.29) is 12.5 Å². The van der Waals surface area contributed by atoms with Crippen LogP contribution in [0.15, 0.2) is 24.8 Å². The number of anilines is 1. The van der Waals surface area contributed by atoms with Gasteiger partial charge in [0.25, 0.3) is 0 Å². The number of rotatable bonds is 5. The van der Waals surface area contributed by atoms with Crippen LogP contribution < -0.4 is 4.90 Å². The molecule has 1 aliphatic heterocycles. The average Bonchev–Trinajstić information content (AvgIpc) is 2.83. The van der Waals surface area contributed by atoms with Crippen LogP contribution in [0.3, 0.4) is 0 Å². The minimum absolute atomic E-state index is 0.0478. The topological polar surface area (TPSA) is 146 Å². The van der Waals surface area contributed by atoms with Gasteiger partial charge in [-0.05, 0) is 23.1 Å². The van der Waals surface area contributed by atoms with Gasteiger partial charge in [-0.15, -0.1) is 0 Å². The van der Waals surface area contributed by atoms with E-state index in [1.54, 1.807) is 20.3 Å². The van der Waals surface area contributed by atoms with Gasteiger partial charge in [0.15, 0.2) is 5.82 Å². The maximum absolute atomic E-state index is 13.0. The van der Waals surface area contributed by atoms with Gasteiger partial charge in [0.05, 0.1) is 19.0 Å². The minimum atomic E-state index is -5.08. The van der Waals surface area contributed by atoms with E-state index in [2.05, 4.69) is 15.0 Å². The number of ether oxygens (including phenoxy) is 1. The number of hydrogen-bond acceptors (Lipinski definition) is 8. The fraction of sp³-hybridized carbons (Fsp3) is 0.429. The van der Waals surface area contributed by atoms with Gasteiger partial charge in [0, 0.05) is 39.6 Å². The van der Waals surface area contributed by atoms with Crippen molar-refractivity contribution >= 4 is 23.8 Å². The normalized spacial score (nSPS) is 12.7. The molecule has 0 saturated carbocycles. The number of carboxylic acid groups (broad SMARTS) is 2. The summed E-state index contributed by atoms with van der Waals surface area (Å²) < 4.78 is 82.0. The van der Waals surface area contributed by atoms with Crippen molar-refractivity contribution in [2.24, 2.45) is 0 Å². The quantitative estimate of drug-likeness (QED) is 0.512. The first-order chi connectivity index (χ1) is 17.9. The molecule has 0 aromatic carbocycles. The van der Waals surface area contributed by atoms with Gasteiger partial charge >= 0.3 is 24.3 Å². The molecule has 2 aromatic rings. The van der Waals surface area contributed by atoms with Crippen molar-refractivity contribution < 1.29 is 60.1 Å². The number of carbonyl (C=O) groups excluding carboxylic acids is 1. The Balaban J connectivity index is 0.000000449. The summed E-state index contributed by atoms with van der Waals surface area (Å²) in [4.78, 5) is 45.2. The van der Waals surface area contributed by atoms with Crippen molar-refractivity contribution in [2.45, 2.75) is 31.9 Å². The standard InChI is InChI=1S/C17H20FN5O2.2C2HF3O2/c1-22(2)16(24)11-25-10-13-6-19-5-12-9-23(4-3-15(12)13)17-20-7-14(18)8-21-17;2*3-2(4,5)1(6)7/h5-8H,3-4,9-11H2,1-2H3;2*(H,6,7). The lowest BCUT2D eigenvalue weighted by molar-refractivity contribution is -0.193. The summed E-state index contributed by atoms with van der Waals surface area (Å²) in [6.07, 6.45) is -3.44. The SMILES string of the molecule is CN(C)C(=O)COCc1cncc2c1CCN(c1ncc(F)cn1)C2.O=C(O)C(F)(F)F.O=C(O)C(F)(F)F. The molecule has 2 aromatic heterocycles. The molecule has 0 fully saturated rings. The Morgan fingerprint density at radius 1 is 0.974 bits per heavy atom. The van der Waals surface area contributed by atoms with E-state index >= 15 is 0 Å². The number of carbonyl (C=O) groups is 3. The van der Waals surface area contributed by atoms with E-state index in [0.29, 0.717) is 19.1 Å². The molecule has 1 aliphatic rings. The second kappa shape index (κ2) is 14.2.